The molecule has 1 N–H and O–H groups in total. The van der Waals surface area contributed by atoms with Crippen molar-refractivity contribution >= 4 is 48.9 Å². The van der Waals surface area contributed by atoms with E-state index in [0.29, 0.717) is 0 Å². The van der Waals surface area contributed by atoms with Gasteiger partial charge in [-0.2, -0.15) is 0 Å². The molecule has 0 saturated carbocycles. The molecule has 2 heterocycles. The molecule has 2 rings (SSSR count). The first-order valence-corrected chi connectivity index (χ1v) is 8.34. The highest BCUT2D eigenvalue weighted by atomic mass is 79.9. The average molecular weight is 368 g/mol. The van der Waals surface area contributed by atoms with E-state index in [1.807, 2.05) is 11.4 Å². The van der Waals surface area contributed by atoms with Crippen LogP contribution in [0, 0.1) is 0 Å². The minimum atomic E-state index is -3.63. The van der Waals surface area contributed by atoms with E-state index in [4.69, 9.17) is 11.6 Å². The Hall–Kier alpha value is -0.470. The van der Waals surface area contributed by atoms with Crippen molar-refractivity contribution in [3.8, 4) is 0 Å². The van der Waals surface area contributed by atoms with Crippen LogP contribution in [0.1, 0.15) is 4.88 Å². The maximum atomic E-state index is 12.0. The van der Waals surface area contributed by atoms with E-state index in [1.165, 1.54) is 29.8 Å². The van der Waals surface area contributed by atoms with E-state index < -0.39 is 10.0 Å². The fraction of sp³-hybridized carbons (Fsp3) is 0.100. The zero-order chi connectivity index (χ0) is 13.2. The molecular weight excluding hydrogens is 360 g/mol. The summed E-state index contributed by atoms with van der Waals surface area (Å²) < 4.78 is 27.4. The molecule has 2 aromatic rings. The van der Waals surface area contributed by atoms with Crippen LogP contribution in [0.25, 0.3) is 0 Å². The van der Waals surface area contributed by atoms with Crippen LogP contribution in [0.15, 0.2) is 39.3 Å². The molecule has 0 aliphatic heterocycles. The van der Waals surface area contributed by atoms with Gasteiger partial charge in [-0.25, -0.2) is 13.1 Å². The van der Waals surface area contributed by atoms with Crippen molar-refractivity contribution in [2.75, 3.05) is 0 Å². The van der Waals surface area contributed by atoms with Gasteiger partial charge in [0.05, 0.1) is 5.02 Å². The highest BCUT2D eigenvalue weighted by molar-refractivity contribution is 9.10. The minimum Gasteiger partial charge on any atom is -0.263 e. The Morgan fingerprint density at radius 1 is 1.50 bits per heavy atom. The summed E-state index contributed by atoms with van der Waals surface area (Å²) in [6.07, 6.45) is 2.67. The summed E-state index contributed by atoms with van der Waals surface area (Å²) in [5.74, 6) is 0. The first kappa shape index (κ1) is 14.0. The van der Waals surface area contributed by atoms with E-state index in [9.17, 15) is 8.42 Å². The summed E-state index contributed by atoms with van der Waals surface area (Å²) in [5, 5.41) is 2.05. The molecule has 0 amide bonds. The van der Waals surface area contributed by atoms with Crippen molar-refractivity contribution in [1.82, 2.24) is 9.71 Å². The Labute approximate surface area is 122 Å². The second-order valence-corrected chi connectivity index (χ2v) is 7.42. The number of halogens is 2. The standard InChI is InChI=1S/C10H8BrClN2O2S2/c11-7-3-8(17-6-7)4-14-18(15,16)10-5-13-2-1-9(10)12/h1-3,5-6,14H,4H2. The second-order valence-electron chi connectivity index (χ2n) is 3.36. The van der Waals surface area contributed by atoms with Crippen molar-refractivity contribution in [1.29, 1.82) is 0 Å². The maximum Gasteiger partial charge on any atom is 0.243 e. The van der Waals surface area contributed by atoms with Crippen molar-refractivity contribution in [3.63, 3.8) is 0 Å². The predicted molar refractivity (Wildman–Crippen MR) is 75.3 cm³/mol. The Balaban J connectivity index is 2.16. The highest BCUT2D eigenvalue weighted by Gasteiger charge is 2.17. The number of nitrogens with one attached hydrogen (secondary N) is 1. The fourth-order valence-electron chi connectivity index (χ4n) is 1.25. The number of hydrogen-bond acceptors (Lipinski definition) is 4. The summed E-state index contributed by atoms with van der Waals surface area (Å²) in [4.78, 5) is 4.66. The molecule has 0 aliphatic rings. The number of sulfonamides is 1. The van der Waals surface area contributed by atoms with Gasteiger partial charge in [0.15, 0.2) is 0 Å². The molecule has 0 aliphatic carbocycles. The van der Waals surface area contributed by atoms with Crippen LogP contribution >= 0.6 is 38.9 Å². The van der Waals surface area contributed by atoms with E-state index >= 15 is 0 Å². The number of hydrogen-bond donors (Lipinski definition) is 1. The molecule has 18 heavy (non-hydrogen) atoms. The number of aromatic nitrogens is 1. The van der Waals surface area contributed by atoms with Gasteiger partial charge in [-0.05, 0) is 28.1 Å². The molecule has 0 spiro atoms. The van der Waals surface area contributed by atoms with Gasteiger partial charge in [-0.1, -0.05) is 11.6 Å². The minimum absolute atomic E-state index is 0.0118. The average Bonchev–Trinajstić information content (AvgIpc) is 2.73. The third-order valence-electron chi connectivity index (χ3n) is 2.08. The zero-order valence-corrected chi connectivity index (χ0v) is 12.9. The smallest absolute Gasteiger partial charge is 0.243 e. The molecule has 8 heteroatoms. The molecule has 0 radical (unpaired) electrons. The van der Waals surface area contributed by atoms with Crippen LogP contribution in [0.3, 0.4) is 0 Å². The van der Waals surface area contributed by atoms with E-state index in [2.05, 4.69) is 25.6 Å². The van der Waals surface area contributed by atoms with E-state index in [-0.39, 0.29) is 16.5 Å². The molecule has 0 fully saturated rings. The lowest BCUT2D eigenvalue weighted by atomic mass is 10.5. The van der Waals surface area contributed by atoms with Crippen LogP contribution in [0.5, 0.6) is 0 Å². The zero-order valence-electron chi connectivity index (χ0n) is 8.93. The number of pyridine rings is 1. The van der Waals surface area contributed by atoms with Gasteiger partial charge in [0.2, 0.25) is 10.0 Å². The first-order valence-electron chi connectivity index (χ1n) is 4.81. The van der Waals surface area contributed by atoms with Gasteiger partial charge >= 0.3 is 0 Å². The Morgan fingerprint density at radius 3 is 2.89 bits per heavy atom. The Bertz CT molecular complexity index is 657. The van der Waals surface area contributed by atoms with Crippen molar-refractivity contribution < 1.29 is 8.42 Å². The number of rotatable bonds is 4. The molecule has 2 aromatic heterocycles. The van der Waals surface area contributed by atoms with Gasteiger partial charge in [-0.3, -0.25) is 4.98 Å². The van der Waals surface area contributed by atoms with Gasteiger partial charge in [-0.15, -0.1) is 11.3 Å². The Kier molecular flexibility index (Phi) is 4.39. The molecule has 0 saturated heterocycles. The number of thiophene rings is 1. The molecule has 0 bridgehead atoms. The van der Waals surface area contributed by atoms with Gasteiger partial charge < -0.3 is 0 Å². The third kappa shape index (κ3) is 3.30. The SMILES string of the molecule is O=S(=O)(NCc1cc(Br)cs1)c1cnccc1Cl. The lowest BCUT2D eigenvalue weighted by Gasteiger charge is -2.06. The molecule has 4 nitrogen and oxygen atoms in total. The topological polar surface area (TPSA) is 59.1 Å². The molecule has 0 atom stereocenters. The van der Waals surface area contributed by atoms with Crippen LogP contribution < -0.4 is 4.72 Å². The largest absolute Gasteiger partial charge is 0.263 e. The predicted octanol–water partition coefficient (Wildman–Crippen LogP) is 3.04. The Morgan fingerprint density at radius 2 is 2.28 bits per heavy atom. The van der Waals surface area contributed by atoms with Crippen LogP contribution in [-0.2, 0) is 16.6 Å². The molecule has 0 unspecified atom stereocenters. The molecule has 96 valence electrons. The maximum absolute atomic E-state index is 12.0. The monoisotopic (exact) mass is 366 g/mol. The first-order chi connectivity index (χ1) is 8.49. The van der Waals surface area contributed by atoms with Crippen molar-refractivity contribution in [2.45, 2.75) is 11.4 Å². The molecular formula is C10H8BrClN2O2S2. The van der Waals surface area contributed by atoms with Crippen molar-refractivity contribution in [2.24, 2.45) is 0 Å². The summed E-state index contributed by atoms with van der Waals surface area (Å²) >= 11 is 10.6. The normalized spacial score (nSPS) is 11.7. The van der Waals surface area contributed by atoms with Crippen LogP contribution in [0.2, 0.25) is 5.02 Å². The lowest BCUT2D eigenvalue weighted by molar-refractivity contribution is 0.581. The summed E-state index contributed by atoms with van der Waals surface area (Å²) in [7, 11) is -3.63. The van der Waals surface area contributed by atoms with Crippen LogP contribution in [0.4, 0.5) is 0 Å². The number of nitrogens with zero attached hydrogens (tertiary/aromatic N) is 1. The second kappa shape index (κ2) is 5.66. The highest BCUT2D eigenvalue weighted by Crippen LogP contribution is 2.22. The van der Waals surface area contributed by atoms with Gasteiger partial charge in [0.25, 0.3) is 0 Å². The summed E-state index contributed by atoms with van der Waals surface area (Å²) in [6.45, 7) is 0.226. The quantitative estimate of drug-likeness (QED) is 0.903. The third-order valence-corrected chi connectivity index (χ3v) is 5.65. The van der Waals surface area contributed by atoms with Gasteiger partial charge in [0, 0.05) is 33.7 Å². The summed E-state index contributed by atoms with van der Waals surface area (Å²) in [5.41, 5.74) is 0. The van der Waals surface area contributed by atoms with E-state index in [0.717, 1.165) is 9.35 Å². The fourth-order valence-corrected chi connectivity index (χ4v) is 4.17. The summed E-state index contributed by atoms with van der Waals surface area (Å²) in [6, 6.07) is 3.30. The van der Waals surface area contributed by atoms with Gasteiger partial charge in [0.1, 0.15) is 4.90 Å². The lowest BCUT2D eigenvalue weighted by Crippen LogP contribution is -2.23. The van der Waals surface area contributed by atoms with E-state index in [1.54, 1.807) is 0 Å². The van der Waals surface area contributed by atoms with Crippen molar-refractivity contribution in [3.05, 3.63) is 44.3 Å². The van der Waals surface area contributed by atoms with Crippen LogP contribution in [-0.4, -0.2) is 13.4 Å². The molecule has 0 aromatic carbocycles.